The molecular weight excluding hydrogens is 196 g/mol. The van der Waals surface area contributed by atoms with E-state index in [0.29, 0.717) is 6.61 Å². The maximum absolute atomic E-state index is 12.1. The van der Waals surface area contributed by atoms with Crippen molar-refractivity contribution in [2.45, 2.75) is 31.8 Å². The molecule has 0 spiro atoms. The molecule has 1 aliphatic heterocycles. The second kappa shape index (κ2) is 3.83. The van der Waals surface area contributed by atoms with Crippen molar-refractivity contribution >= 4 is 17.1 Å². The summed E-state index contributed by atoms with van der Waals surface area (Å²) in [6.45, 7) is 2.63. The summed E-state index contributed by atoms with van der Waals surface area (Å²) in [5.41, 5.74) is -0.566. The van der Waals surface area contributed by atoms with E-state index >= 15 is 0 Å². The lowest BCUT2D eigenvalue weighted by Gasteiger charge is -2.31. The van der Waals surface area contributed by atoms with Crippen molar-refractivity contribution in [2.24, 2.45) is 0 Å². The molecule has 0 aromatic carbocycles. The molecule has 0 N–H and O–H groups in total. The van der Waals surface area contributed by atoms with E-state index in [1.54, 1.807) is 0 Å². The van der Waals surface area contributed by atoms with Crippen LogP contribution in [0.25, 0.3) is 0 Å². The number of carbonyl (C=O) groups excluding carboxylic acids is 1. The van der Waals surface area contributed by atoms with Crippen LogP contribution in [0.2, 0.25) is 0 Å². The third-order valence-corrected chi connectivity index (χ3v) is 3.56. The fourth-order valence-electron chi connectivity index (χ4n) is 1.78. The highest BCUT2D eigenvalue weighted by Crippen LogP contribution is 2.29. The highest BCUT2D eigenvalue weighted by molar-refractivity contribution is 7.12. The zero-order valence-corrected chi connectivity index (χ0v) is 9.10. The Morgan fingerprint density at radius 2 is 2.43 bits per heavy atom. The number of ether oxygens (including phenoxy) is 1. The summed E-state index contributed by atoms with van der Waals surface area (Å²) in [7, 11) is 0. The minimum Gasteiger partial charge on any atom is -0.367 e. The van der Waals surface area contributed by atoms with E-state index in [-0.39, 0.29) is 5.78 Å². The molecule has 0 amide bonds. The number of carbonyl (C=O) groups is 1. The number of Topliss-reactive ketones (excluding diaryl/α,β-unsaturated/α-hetero) is 1. The molecule has 0 bridgehead atoms. The van der Waals surface area contributed by atoms with Gasteiger partial charge in [-0.2, -0.15) is 0 Å². The molecule has 14 heavy (non-hydrogen) atoms. The molecule has 2 nitrogen and oxygen atoms in total. The quantitative estimate of drug-likeness (QED) is 0.702. The Hall–Kier alpha value is -0.670. The summed E-state index contributed by atoms with van der Waals surface area (Å²) >= 11 is 1.49. The molecule has 0 radical (unpaired) electrons. The number of ketones is 1. The Morgan fingerprint density at radius 1 is 1.57 bits per heavy atom. The molecule has 2 rings (SSSR count). The maximum atomic E-state index is 12.1. The minimum absolute atomic E-state index is 0.146. The zero-order chi connectivity index (χ0) is 10.0. The van der Waals surface area contributed by atoms with Crippen LogP contribution in [0.15, 0.2) is 17.5 Å². The second-order valence-electron chi connectivity index (χ2n) is 3.84. The molecule has 0 saturated carbocycles. The van der Waals surface area contributed by atoms with Gasteiger partial charge in [0.25, 0.3) is 0 Å². The summed E-state index contributed by atoms with van der Waals surface area (Å²) in [5, 5.41) is 1.93. The number of thiophene rings is 1. The third-order valence-electron chi connectivity index (χ3n) is 2.69. The van der Waals surface area contributed by atoms with Gasteiger partial charge in [-0.3, -0.25) is 4.79 Å². The van der Waals surface area contributed by atoms with Crippen molar-refractivity contribution in [1.29, 1.82) is 0 Å². The van der Waals surface area contributed by atoms with Crippen LogP contribution >= 0.6 is 11.3 Å². The first-order valence-corrected chi connectivity index (χ1v) is 5.83. The van der Waals surface area contributed by atoms with Gasteiger partial charge in [0.15, 0.2) is 0 Å². The lowest BCUT2D eigenvalue weighted by atomic mass is 9.91. The second-order valence-corrected chi connectivity index (χ2v) is 4.79. The monoisotopic (exact) mass is 210 g/mol. The average molecular weight is 210 g/mol. The van der Waals surface area contributed by atoms with Crippen LogP contribution in [0.1, 0.15) is 35.9 Å². The van der Waals surface area contributed by atoms with E-state index in [2.05, 4.69) is 0 Å². The van der Waals surface area contributed by atoms with Crippen LogP contribution in [0.3, 0.4) is 0 Å². The highest BCUT2D eigenvalue weighted by atomic mass is 32.1. The third kappa shape index (κ3) is 1.74. The van der Waals surface area contributed by atoms with Crippen molar-refractivity contribution < 1.29 is 9.53 Å². The van der Waals surface area contributed by atoms with Crippen LogP contribution in [-0.4, -0.2) is 18.0 Å². The molecule has 1 aromatic rings. The average Bonchev–Trinajstić information content (AvgIpc) is 2.70. The Labute approximate surface area is 87.9 Å². The molecule has 1 atom stereocenters. The van der Waals surface area contributed by atoms with Gasteiger partial charge in [-0.05, 0) is 37.6 Å². The Bertz CT molecular complexity index is 310. The SMILES string of the molecule is CC1(C(=O)c2cccs2)CCCCO1. The molecular formula is C11H14O2S. The lowest BCUT2D eigenvalue weighted by Crippen LogP contribution is -2.40. The number of rotatable bonds is 2. The molecule has 76 valence electrons. The van der Waals surface area contributed by atoms with E-state index in [4.69, 9.17) is 4.74 Å². The largest absolute Gasteiger partial charge is 0.367 e. The molecule has 1 aromatic heterocycles. The van der Waals surface area contributed by atoms with Gasteiger partial charge in [-0.15, -0.1) is 11.3 Å². The molecule has 1 fully saturated rings. The molecule has 2 heterocycles. The first kappa shape index (κ1) is 9.87. The Balaban J connectivity index is 2.17. The predicted molar refractivity (Wildman–Crippen MR) is 56.9 cm³/mol. The van der Waals surface area contributed by atoms with Gasteiger partial charge >= 0.3 is 0 Å². The predicted octanol–water partition coefficient (Wildman–Crippen LogP) is 2.89. The van der Waals surface area contributed by atoms with Crippen molar-refractivity contribution in [2.75, 3.05) is 6.61 Å². The maximum Gasteiger partial charge on any atom is 0.204 e. The topological polar surface area (TPSA) is 26.3 Å². The molecule has 1 aliphatic rings. The lowest BCUT2D eigenvalue weighted by molar-refractivity contribution is -0.0423. The summed E-state index contributed by atoms with van der Waals surface area (Å²) in [5.74, 6) is 0.146. The smallest absolute Gasteiger partial charge is 0.204 e. The fourth-order valence-corrected chi connectivity index (χ4v) is 2.57. The van der Waals surface area contributed by atoms with Crippen molar-refractivity contribution in [3.05, 3.63) is 22.4 Å². The van der Waals surface area contributed by atoms with Gasteiger partial charge < -0.3 is 4.74 Å². The van der Waals surface area contributed by atoms with E-state index in [1.807, 2.05) is 24.4 Å². The van der Waals surface area contributed by atoms with Crippen LogP contribution < -0.4 is 0 Å². The van der Waals surface area contributed by atoms with Crippen molar-refractivity contribution in [3.63, 3.8) is 0 Å². The van der Waals surface area contributed by atoms with E-state index in [0.717, 1.165) is 24.1 Å². The van der Waals surface area contributed by atoms with Crippen LogP contribution in [0.5, 0.6) is 0 Å². The van der Waals surface area contributed by atoms with Crippen molar-refractivity contribution in [3.8, 4) is 0 Å². The molecule has 3 heteroatoms. The summed E-state index contributed by atoms with van der Waals surface area (Å²) in [6, 6.07) is 3.78. The molecule has 1 unspecified atom stereocenters. The summed E-state index contributed by atoms with van der Waals surface area (Å²) in [4.78, 5) is 12.9. The van der Waals surface area contributed by atoms with Crippen molar-refractivity contribution in [1.82, 2.24) is 0 Å². The van der Waals surface area contributed by atoms with Gasteiger partial charge in [-0.25, -0.2) is 0 Å². The van der Waals surface area contributed by atoms with Crippen LogP contribution in [-0.2, 0) is 4.74 Å². The molecule has 1 saturated heterocycles. The summed E-state index contributed by atoms with van der Waals surface area (Å²) < 4.78 is 5.61. The first-order chi connectivity index (χ1) is 6.72. The Morgan fingerprint density at radius 3 is 3.00 bits per heavy atom. The standard InChI is InChI=1S/C11H14O2S/c1-11(6-2-3-7-13-11)10(12)9-5-4-8-14-9/h4-5,8H,2-3,6-7H2,1H3. The molecule has 0 aliphatic carbocycles. The van der Waals surface area contributed by atoms with Gasteiger partial charge in [0, 0.05) is 6.61 Å². The van der Waals surface area contributed by atoms with Gasteiger partial charge in [0.2, 0.25) is 5.78 Å². The fraction of sp³-hybridized carbons (Fsp3) is 0.545. The zero-order valence-electron chi connectivity index (χ0n) is 8.29. The highest BCUT2D eigenvalue weighted by Gasteiger charge is 2.36. The normalized spacial score (nSPS) is 27.5. The van der Waals surface area contributed by atoms with Gasteiger partial charge in [0.1, 0.15) is 5.60 Å². The van der Waals surface area contributed by atoms with Crippen LogP contribution in [0.4, 0.5) is 0 Å². The summed E-state index contributed by atoms with van der Waals surface area (Å²) in [6.07, 6.45) is 3.02. The van der Waals surface area contributed by atoms with Crippen LogP contribution in [0, 0.1) is 0 Å². The minimum atomic E-state index is -0.566. The first-order valence-electron chi connectivity index (χ1n) is 4.95. The van der Waals surface area contributed by atoms with E-state index in [1.165, 1.54) is 11.3 Å². The van der Waals surface area contributed by atoms with E-state index < -0.39 is 5.60 Å². The number of hydrogen-bond donors (Lipinski definition) is 0. The van der Waals surface area contributed by atoms with Gasteiger partial charge in [-0.1, -0.05) is 6.07 Å². The Kier molecular flexibility index (Phi) is 2.70. The van der Waals surface area contributed by atoms with Gasteiger partial charge in [0.05, 0.1) is 4.88 Å². The van der Waals surface area contributed by atoms with E-state index in [9.17, 15) is 4.79 Å². The number of hydrogen-bond acceptors (Lipinski definition) is 3.